The van der Waals surface area contributed by atoms with Gasteiger partial charge in [-0.3, -0.25) is 4.79 Å². The van der Waals surface area contributed by atoms with Crippen LogP contribution in [0.1, 0.15) is 28.5 Å². The van der Waals surface area contributed by atoms with Gasteiger partial charge in [0, 0.05) is 17.7 Å². The van der Waals surface area contributed by atoms with Crippen LogP contribution in [0.4, 0.5) is 0 Å². The second kappa shape index (κ2) is 3.91. The Hall–Kier alpha value is -1.69. The SMILES string of the molecule is O=Cc1ccc2cnc(C3CCS(=O)(=O)C3)n2c1. The maximum atomic E-state index is 11.5. The van der Waals surface area contributed by atoms with E-state index in [4.69, 9.17) is 0 Å². The molecule has 1 aliphatic rings. The van der Waals surface area contributed by atoms with E-state index in [2.05, 4.69) is 4.98 Å². The van der Waals surface area contributed by atoms with Crippen molar-refractivity contribution in [2.24, 2.45) is 0 Å². The summed E-state index contributed by atoms with van der Waals surface area (Å²) in [6.07, 6.45) is 4.78. The van der Waals surface area contributed by atoms with Crippen molar-refractivity contribution in [3.05, 3.63) is 35.9 Å². The van der Waals surface area contributed by atoms with Crippen molar-refractivity contribution in [3.63, 3.8) is 0 Å². The number of hydrogen-bond acceptors (Lipinski definition) is 4. The molecule has 0 spiro atoms. The zero-order valence-corrected chi connectivity index (χ0v) is 10.4. The van der Waals surface area contributed by atoms with Crippen LogP contribution in [0.25, 0.3) is 5.52 Å². The number of nitrogens with zero attached hydrogens (tertiary/aromatic N) is 2. The molecule has 0 saturated carbocycles. The maximum absolute atomic E-state index is 11.5. The summed E-state index contributed by atoms with van der Waals surface area (Å²) in [4.78, 5) is 15.1. The Morgan fingerprint density at radius 1 is 1.39 bits per heavy atom. The van der Waals surface area contributed by atoms with Gasteiger partial charge in [0.1, 0.15) is 5.82 Å². The van der Waals surface area contributed by atoms with Gasteiger partial charge in [-0.25, -0.2) is 13.4 Å². The molecule has 18 heavy (non-hydrogen) atoms. The standard InChI is InChI=1S/C12H12N2O3S/c15-7-9-1-2-11-5-13-12(14(11)6-9)10-3-4-18(16,17)8-10/h1-2,5-7,10H,3-4,8H2. The van der Waals surface area contributed by atoms with Crippen LogP contribution in [0, 0.1) is 0 Å². The van der Waals surface area contributed by atoms with Gasteiger partial charge in [-0.05, 0) is 18.6 Å². The highest BCUT2D eigenvalue weighted by atomic mass is 32.2. The minimum atomic E-state index is -2.93. The normalized spacial score (nSPS) is 22.3. The Labute approximate surface area is 104 Å². The fraction of sp³-hybridized carbons (Fsp3) is 0.333. The molecule has 0 bridgehead atoms. The molecule has 3 heterocycles. The van der Waals surface area contributed by atoms with Crippen LogP contribution in [0.3, 0.4) is 0 Å². The predicted octanol–water partition coefficient (Wildman–Crippen LogP) is 1.05. The molecule has 2 aromatic heterocycles. The first-order chi connectivity index (χ1) is 8.59. The number of imidazole rings is 1. The van der Waals surface area contributed by atoms with E-state index in [0.29, 0.717) is 12.0 Å². The molecular formula is C12H12N2O3S. The number of rotatable bonds is 2. The van der Waals surface area contributed by atoms with Gasteiger partial charge >= 0.3 is 0 Å². The third kappa shape index (κ3) is 1.82. The van der Waals surface area contributed by atoms with Crippen LogP contribution in [0.5, 0.6) is 0 Å². The monoisotopic (exact) mass is 264 g/mol. The van der Waals surface area contributed by atoms with Gasteiger partial charge in [0.15, 0.2) is 16.1 Å². The minimum absolute atomic E-state index is 0.0700. The van der Waals surface area contributed by atoms with Crippen LogP contribution in [-0.4, -0.2) is 35.6 Å². The molecule has 1 atom stereocenters. The summed E-state index contributed by atoms with van der Waals surface area (Å²) in [6.45, 7) is 0. The lowest BCUT2D eigenvalue weighted by Crippen LogP contribution is -2.07. The first-order valence-corrected chi connectivity index (χ1v) is 7.54. The summed E-state index contributed by atoms with van der Waals surface area (Å²) >= 11 is 0. The topological polar surface area (TPSA) is 68.5 Å². The zero-order valence-electron chi connectivity index (χ0n) is 9.61. The Morgan fingerprint density at radius 3 is 2.89 bits per heavy atom. The molecule has 94 valence electrons. The van der Waals surface area contributed by atoms with Gasteiger partial charge in [-0.15, -0.1) is 0 Å². The van der Waals surface area contributed by atoms with Crippen molar-refractivity contribution in [2.75, 3.05) is 11.5 Å². The summed E-state index contributed by atoms with van der Waals surface area (Å²) in [7, 11) is -2.93. The van der Waals surface area contributed by atoms with Crippen molar-refractivity contribution in [1.82, 2.24) is 9.38 Å². The number of carbonyl (C=O) groups is 1. The molecule has 1 aliphatic heterocycles. The number of pyridine rings is 1. The molecule has 0 N–H and O–H groups in total. The second-order valence-electron chi connectivity index (χ2n) is 4.59. The van der Waals surface area contributed by atoms with Gasteiger partial charge in [0.25, 0.3) is 0 Å². The van der Waals surface area contributed by atoms with E-state index >= 15 is 0 Å². The molecule has 5 nitrogen and oxygen atoms in total. The van der Waals surface area contributed by atoms with E-state index in [1.807, 2.05) is 10.5 Å². The zero-order chi connectivity index (χ0) is 12.8. The van der Waals surface area contributed by atoms with Crippen molar-refractivity contribution < 1.29 is 13.2 Å². The molecule has 1 saturated heterocycles. The number of aromatic nitrogens is 2. The minimum Gasteiger partial charge on any atom is -0.303 e. The van der Waals surface area contributed by atoms with E-state index in [0.717, 1.165) is 17.6 Å². The first kappa shape index (κ1) is 11.4. The highest BCUT2D eigenvalue weighted by Gasteiger charge is 2.31. The maximum Gasteiger partial charge on any atom is 0.151 e. The third-order valence-corrected chi connectivity index (χ3v) is 5.08. The molecular weight excluding hydrogens is 252 g/mol. The van der Waals surface area contributed by atoms with Gasteiger partial charge in [0.05, 0.1) is 23.2 Å². The average molecular weight is 264 g/mol. The molecule has 3 rings (SSSR count). The lowest BCUT2D eigenvalue weighted by atomic mass is 10.1. The summed E-state index contributed by atoms with van der Waals surface area (Å²) in [5.41, 5.74) is 1.43. The quantitative estimate of drug-likeness (QED) is 0.760. The molecule has 0 aliphatic carbocycles. The fourth-order valence-electron chi connectivity index (χ4n) is 2.40. The van der Waals surface area contributed by atoms with Crippen molar-refractivity contribution in [1.29, 1.82) is 0 Å². The molecule has 2 aromatic rings. The molecule has 1 unspecified atom stereocenters. The van der Waals surface area contributed by atoms with Gasteiger partial charge in [0.2, 0.25) is 0 Å². The van der Waals surface area contributed by atoms with Gasteiger partial charge in [-0.2, -0.15) is 0 Å². The number of aldehydes is 1. The van der Waals surface area contributed by atoms with E-state index < -0.39 is 9.84 Å². The average Bonchev–Trinajstić information content (AvgIpc) is 2.91. The number of carbonyl (C=O) groups excluding carboxylic acids is 1. The van der Waals surface area contributed by atoms with Crippen molar-refractivity contribution >= 4 is 21.6 Å². The summed E-state index contributed by atoms with van der Waals surface area (Å²) < 4.78 is 24.8. The molecule has 0 radical (unpaired) electrons. The number of hydrogen-bond donors (Lipinski definition) is 0. The molecule has 1 fully saturated rings. The van der Waals surface area contributed by atoms with Crippen LogP contribution in [-0.2, 0) is 9.84 Å². The summed E-state index contributed by atoms with van der Waals surface area (Å²) in [5.74, 6) is 1.03. The van der Waals surface area contributed by atoms with Crippen molar-refractivity contribution in [2.45, 2.75) is 12.3 Å². The van der Waals surface area contributed by atoms with Gasteiger partial charge < -0.3 is 4.40 Å². The Kier molecular flexibility index (Phi) is 2.48. The first-order valence-electron chi connectivity index (χ1n) is 5.72. The fourth-order valence-corrected chi connectivity index (χ4v) is 4.14. The Balaban J connectivity index is 2.09. The molecule has 0 aromatic carbocycles. The van der Waals surface area contributed by atoms with Crippen LogP contribution in [0.15, 0.2) is 24.5 Å². The van der Waals surface area contributed by atoms with E-state index in [9.17, 15) is 13.2 Å². The number of fused-ring (bicyclic) bond motifs is 1. The Bertz CT molecular complexity index is 718. The van der Waals surface area contributed by atoms with E-state index in [1.54, 1.807) is 18.5 Å². The summed E-state index contributed by atoms with van der Waals surface area (Å²) in [5, 5.41) is 0. The lowest BCUT2D eigenvalue weighted by molar-refractivity contribution is 0.112. The van der Waals surface area contributed by atoms with Crippen LogP contribution < -0.4 is 0 Å². The van der Waals surface area contributed by atoms with Crippen LogP contribution >= 0.6 is 0 Å². The highest BCUT2D eigenvalue weighted by molar-refractivity contribution is 7.91. The highest BCUT2D eigenvalue weighted by Crippen LogP contribution is 2.28. The molecule has 0 amide bonds. The van der Waals surface area contributed by atoms with E-state index in [-0.39, 0.29) is 17.4 Å². The molecule has 6 heteroatoms. The number of sulfone groups is 1. The van der Waals surface area contributed by atoms with Crippen molar-refractivity contribution in [3.8, 4) is 0 Å². The van der Waals surface area contributed by atoms with Gasteiger partial charge in [-0.1, -0.05) is 0 Å². The predicted molar refractivity (Wildman–Crippen MR) is 66.6 cm³/mol. The third-order valence-electron chi connectivity index (χ3n) is 3.31. The smallest absolute Gasteiger partial charge is 0.151 e. The summed E-state index contributed by atoms with van der Waals surface area (Å²) in [6, 6.07) is 3.53. The lowest BCUT2D eigenvalue weighted by Gasteiger charge is -2.07. The largest absolute Gasteiger partial charge is 0.303 e. The Morgan fingerprint density at radius 2 is 2.22 bits per heavy atom. The van der Waals surface area contributed by atoms with E-state index in [1.165, 1.54) is 0 Å². The second-order valence-corrected chi connectivity index (χ2v) is 6.82. The van der Waals surface area contributed by atoms with Crippen LogP contribution in [0.2, 0.25) is 0 Å².